The zero-order chi connectivity index (χ0) is 12.5. The Hall–Kier alpha value is -0.370. The van der Waals surface area contributed by atoms with Gasteiger partial charge in [0.25, 0.3) is 0 Å². The number of rotatable bonds is 3. The smallest absolute Gasteiger partial charge is 0.243 e. The summed E-state index contributed by atoms with van der Waals surface area (Å²) in [7, 11) is -3.91. The van der Waals surface area contributed by atoms with E-state index in [1.165, 1.54) is 0 Å². The Balaban J connectivity index is 3.48. The number of nitrogens with one attached hydrogen (secondary N) is 1. The molecule has 0 heterocycles. The minimum Gasteiger partial charge on any atom is -0.395 e. The van der Waals surface area contributed by atoms with Gasteiger partial charge in [-0.05, 0) is 22.0 Å². The van der Waals surface area contributed by atoms with E-state index in [1.54, 1.807) is 6.92 Å². The van der Waals surface area contributed by atoms with Crippen LogP contribution >= 0.6 is 27.5 Å². The third-order valence-electron chi connectivity index (χ3n) is 1.78. The Kier molecular flexibility index (Phi) is 4.17. The second-order valence-electron chi connectivity index (χ2n) is 2.90. The summed E-state index contributed by atoms with van der Waals surface area (Å²) in [5, 5.41) is 0.0374. The number of nitrogens with two attached hydrogens (primary N) is 1. The molecule has 0 radical (unpaired) electrons. The molecule has 0 spiro atoms. The van der Waals surface area contributed by atoms with E-state index < -0.39 is 20.7 Å². The number of anilines is 1. The van der Waals surface area contributed by atoms with Crippen LogP contribution in [0.5, 0.6) is 0 Å². The van der Waals surface area contributed by atoms with Gasteiger partial charge in [-0.2, -0.15) is 0 Å². The number of benzene rings is 1. The van der Waals surface area contributed by atoms with Gasteiger partial charge in [-0.3, -0.25) is 0 Å². The number of halogens is 3. The fourth-order valence-electron chi connectivity index (χ4n) is 1.06. The Morgan fingerprint density at radius 2 is 2.19 bits per heavy atom. The summed E-state index contributed by atoms with van der Waals surface area (Å²) >= 11 is 8.67. The van der Waals surface area contributed by atoms with Crippen molar-refractivity contribution < 1.29 is 12.8 Å². The molecule has 1 aromatic rings. The van der Waals surface area contributed by atoms with Gasteiger partial charge in [-0.1, -0.05) is 18.5 Å². The maximum atomic E-state index is 13.6. The molecule has 0 aromatic heterocycles. The van der Waals surface area contributed by atoms with Crippen molar-refractivity contribution in [2.75, 3.05) is 12.3 Å². The SMILES string of the molecule is CCNS(=O)(=O)c1cc(Cl)c(Br)c(N)c1F. The van der Waals surface area contributed by atoms with Gasteiger partial charge in [-0.25, -0.2) is 17.5 Å². The van der Waals surface area contributed by atoms with E-state index in [0.29, 0.717) is 0 Å². The van der Waals surface area contributed by atoms with Crippen LogP contribution in [0, 0.1) is 5.82 Å². The maximum Gasteiger partial charge on any atom is 0.243 e. The van der Waals surface area contributed by atoms with Crippen LogP contribution in [0.3, 0.4) is 0 Å². The zero-order valence-electron chi connectivity index (χ0n) is 8.22. The van der Waals surface area contributed by atoms with Crippen molar-refractivity contribution >= 4 is 43.2 Å². The first-order chi connectivity index (χ1) is 7.31. The van der Waals surface area contributed by atoms with E-state index in [-0.39, 0.29) is 21.7 Å². The summed E-state index contributed by atoms with van der Waals surface area (Å²) in [4.78, 5) is -0.556. The van der Waals surface area contributed by atoms with E-state index in [2.05, 4.69) is 20.7 Å². The molecule has 8 heteroatoms. The minimum atomic E-state index is -3.91. The van der Waals surface area contributed by atoms with E-state index in [0.717, 1.165) is 6.07 Å². The Morgan fingerprint density at radius 1 is 1.62 bits per heavy atom. The van der Waals surface area contributed by atoms with Crippen molar-refractivity contribution in [3.8, 4) is 0 Å². The number of hydrogen-bond acceptors (Lipinski definition) is 3. The molecule has 0 unspecified atom stereocenters. The largest absolute Gasteiger partial charge is 0.395 e. The molecule has 0 atom stereocenters. The van der Waals surface area contributed by atoms with Crippen LogP contribution < -0.4 is 10.5 Å². The first-order valence-corrected chi connectivity index (χ1v) is 6.89. The van der Waals surface area contributed by atoms with Crippen molar-refractivity contribution in [1.82, 2.24) is 4.72 Å². The molecule has 90 valence electrons. The molecule has 0 fully saturated rings. The van der Waals surface area contributed by atoms with Crippen molar-refractivity contribution in [2.24, 2.45) is 0 Å². The van der Waals surface area contributed by atoms with Crippen LogP contribution in [0.15, 0.2) is 15.4 Å². The molecule has 0 bridgehead atoms. The van der Waals surface area contributed by atoms with E-state index >= 15 is 0 Å². The molecular formula is C8H9BrClFN2O2S. The van der Waals surface area contributed by atoms with Crippen molar-refractivity contribution in [3.63, 3.8) is 0 Å². The predicted octanol–water partition coefficient (Wildman–Crippen LogP) is 2.12. The molecule has 0 aliphatic carbocycles. The lowest BCUT2D eigenvalue weighted by Gasteiger charge is -2.10. The van der Waals surface area contributed by atoms with Gasteiger partial charge in [-0.15, -0.1) is 0 Å². The first kappa shape index (κ1) is 13.7. The third kappa shape index (κ3) is 2.48. The van der Waals surface area contributed by atoms with Gasteiger partial charge in [0.2, 0.25) is 10.0 Å². The van der Waals surface area contributed by atoms with Crippen molar-refractivity contribution in [2.45, 2.75) is 11.8 Å². The highest BCUT2D eigenvalue weighted by Gasteiger charge is 2.23. The quantitative estimate of drug-likeness (QED) is 0.658. The van der Waals surface area contributed by atoms with Gasteiger partial charge in [0.05, 0.1) is 15.2 Å². The molecule has 0 amide bonds. The number of sulfonamides is 1. The first-order valence-electron chi connectivity index (χ1n) is 4.24. The van der Waals surface area contributed by atoms with E-state index in [1.807, 2.05) is 0 Å². The van der Waals surface area contributed by atoms with E-state index in [9.17, 15) is 12.8 Å². The van der Waals surface area contributed by atoms with Gasteiger partial charge in [0.1, 0.15) is 4.90 Å². The molecule has 4 nitrogen and oxygen atoms in total. The predicted molar refractivity (Wildman–Crippen MR) is 64.4 cm³/mol. The monoisotopic (exact) mass is 330 g/mol. The molecule has 16 heavy (non-hydrogen) atoms. The topological polar surface area (TPSA) is 72.2 Å². The second-order valence-corrected chi connectivity index (χ2v) is 5.84. The highest BCUT2D eigenvalue weighted by molar-refractivity contribution is 9.10. The van der Waals surface area contributed by atoms with Crippen LogP contribution in [0.2, 0.25) is 5.02 Å². The highest BCUT2D eigenvalue weighted by Crippen LogP contribution is 2.34. The zero-order valence-corrected chi connectivity index (χ0v) is 11.4. The van der Waals surface area contributed by atoms with Crippen LogP contribution in [0.25, 0.3) is 0 Å². The molecule has 0 saturated heterocycles. The molecule has 3 N–H and O–H groups in total. The van der Waals surface area contributed by atoms with Crippen molar-refractivity contribution in [1.29, 1.82) is 0 Å². The summed E-state index contributed by atoms with van der Waals surface area (Å²) in [5.41, 5.74) is 5.05. The number of nitrogen functional groups attached to an aromatic ring is 1. The molecular weight excluding hydrogens is 323 g/mol. The van der Waals surface area contributed by atoms with Crippen LogP contribution in [-0.4, -0.2) is 15.0 Å². The Bertz CT molecular complexity index is 521. The maximum absolute atomic E-state index is 13.6. The van der Waals surface area contributed by atoms with Gasteiger partial charge in [0.15, 0.2) is 5.82 Å². The summed E-state index contributed by atoms with van der Waals surface area (Å²) in [5.74, 6) is -1.02. The van der Waals surface area contributed by atoms with Crippen molar-refractivity contribution in [3.05, 3.63) is 21.4 Å². The average Bonchev–Trinajstić information content (AvgIpc) is 2.20. The molecule has 1 aromatic carbocycles. The molecule has 1 rings (SSSR count). The summed E-state index contributed by atoms with van der Waals surface area (Å²) in [6.45, 7) is 1.73. The van der Waals surface area contributed by atoms with Crippen LogP contribution in [-0.2, 0) is 10.0 Å². The standard InChI is InChI=1S/C8H9BrClFN2O2S/c1-2-13-16(14,15)5-3-4(10)6(9)8(12)7(5)11/h3,13H,2,12H2,1H3. The van der Waals surface area contributed by atoms with Crippen LogP contribution in [0.4, 0.5) is 10.1 Å². The fraction of sp³-hybridized carbons (Fsp3) is 0.250. The summed E-state index contributed by atoms with van der Waals surface area (Å²) in [6.07, 6.45) is 0. The van der Waals surface area contributed by atoms with Gasteiger partial charge >= 0.3 is 0 Å². The second kappa shape index (κ2) is 4.87. The average molecular weight is 332 g/mol. The third-order valence-corrected chi connectivity index (χ3v) is 4.71. The van der Waals surface area contributed by atoms with Crippen LogP contribution in [0.1, 0.15) is 6.92 Å². The Labute approximate surface area is 106 Å². The Morgan fingerprint density at radius 3 is 2.69 bits per heavy atom. The number of hydrogen-bond donors (Lipinski definition) is 2. The lowest BCUT2D eigenvalue weighted by molar-refractivity contribution is 0.560. The highest BCUT2D eigenvalue weighted by atomic mass is 79.9. The molecule has 0 saturated carbocycles. The molecule has 0 aliphatic rings. The van der Waals surface area contributed by atoms with Gasteiger partial charge in [0, 0.05) is 6.54 Å². The molecule has 0 aliphatic heterocycles. The minimum absolute atomic E-state index is 0.0374. The van der Waals surface area contributed by atoms with E-state index in [4.69, 9.17) is 17.3 Å². The normalized spacial score (nSPS) is 11.8. The lowest BCUT2D eigenvalue weighted by atomic mass is 10.3. The fourth-order valence-corrected chi connectivity index (χ4v) is 2.78. The summed E-state index contributed by atoms with van der Waals surface area (Å²) in [6, 6.07) is 1.01. The van der Waals surface area contributed by atoms with Gasteiger partial charge < -0.3 is 5.73 Å². The summed E-state index contributed by atoms with van der Waals surface area (Å²) < 4.78 is 39.1. The lowest BCUT2D eigenvalue weighted by Crippen LogP contribution is -2.24.